The maximum atomic E-state index is 14.3. The molecule has 0 radical (unpaired) electrons. The van der Waals surface area contributed by atoms with Gasteiger partial charge in [0, 0.05) is 30.3 Å². The first-order chi connectivity index (χ1) is 13.8. The van der Waals surface area contributed by atoms with Crippen LogP contribution in [0.5, 0.6) is 0 Å². The quantitative estimate of drug-likeness (QED) is 0.695. The summed E-state index contributed by atoms with van der Waals surface area (Å²) in [6.45, 7) is 6.09. The summed E-state index contributed by atoms with van der Waals surface area (Å²) in [5, 5.41) is -0.719. The average molecular weight is 419 g/mol. The molecule has 4 nitrogen and oxygen atoms in total. The molecule has 1 aliphatic rings. The van der Waals surface area contributed by atoms with Crippen molar-refractivity contribution < 1.29 is 18.4 Å². The number of thioether (sulfide) groups is 1. The first-order valence-corrected chi connectivity index (χ1v) is 10.5. The van der Waals surface area contributed by atoms with Gasteiger partial charge in [-0.25, -0.2) is 8.78 Å². The molecule has 2 aromatic rings. The lowest BCUT2D eigenvalue weighted by Crippen LogP contribution is -2.44. The predicted molar refractivity (Wildman–Crippen MR) is 110 cm³/mol. The van der Waals surface area contributed by atoms with E-state index in [0.717, 1.165) is 0 Å². The molecule has 1 saturated heterocycles. The molecule has 0 bridgehead atoms. The van der Waals surface area contributed by atoms with E-state index < -0.39 is 11.2 Å². The van der Waals surface area contributed by atoms with Gasteiger partial charge in [-0.05, 0) is 45.0 Å². The molecule has 2 aromatic carbocycles. The van der Waals surface area contributed by atoms with Gasteiger partial charge in [-0.2, -0.15) is 0 Å². The summed E-state index contributed by atoms with van der Waals surface area (Å²) in [6, 6.07) is 11.9. The number of amides is 2. The van der Waals surface area contributed by atoms with Crippen LogP contribution in [0.4, 0.5) is 8.78 Å². The maximum absolute atomic E-state index is 14.3. The third kappa shape index (κ3) is 4.61. The van der Waals surface area contributed by atoms with Gasteiger partial charge in [0.2, 0.25) is 5.91 Å². The van der Waals surface area contributed by atoms with E-state index in [9.17, 15) is 18.4 Å². The Balaban J connectivity index is 1.79. The van der Waals surface area contributed by atoms with Crippen molar-refractivity contribution in [3.63, 3.8) is 0 Å². The number of carbonyl (C=O) groups is 2. The topological polar surface area (TPSA) is 40.6 Å². The largest absolute Gasteiger partial charge is 0.334 e. The SMILES string of the molecule is CC(C)N(CCN1C(=O)[C@H](C)S[C@@H]1c1ccccc1F)C(=O)c1cccc(F)c1. The highest BCUT2D eigenvalue weighted by molar-refractivity contribution is 8.01. The Labute approximate surface area is 173 Å². The maximum Gasteiger partial charge on any atom is 0.254 e. The third-order valence-electron chi connectivity index (χ3n) is 4.96. The van der Waals surface area contributed by atoms with E-state index >= 15 is 0 Å². The average Bonchev–Trinajstić information content (AvgIpc) is 2.96. The Morgan fingerprint density at radius 2 is 1.90 bits per heavy atom. The molecule has 2 atom stereocenters. The van der Waals surface area contributed by atoms with Crippen molar-refractivity contribution in [2.45, 2.75) is 37.4 Å². The number of carbonyl (C=O) groups excluding carboxylic acids is 2. The van der Waals surface area contributed by atoms with E-state index in [2.05, 4.69) is 0 Å². The zero-order valence-electron chi connectivity index (χ0n) is 16.6. The van der Waals surface area contributed by atoms with Crippen LogP contribution in [-0.4, -0.2) is 46.0 Å². The summed E-state index contributed by atoms with van der Waals surface area (Å²) >= 11 is 1.40. The number of benzene rings is 2. The highest BCUT2D eigenvalue weighted by atomic mass is 32.2. The fourth-order valence-electron chi connectivity index (χ4n) is 3.42. The van der Waals surface area contributed by atoms with Crippen molar-refractivity contribution in [1.82, 2.24) is 9.80 Å². The Hall–Kier alpha value is -2.41. The van der Waals surface area contributed by atoms with Crippen molar-refractivity contribution in [3.05, 3.63) is 71.3 Å². The van der Waals surface area contributed by atoms with Crippen LogP contribution >= 0.6 is 11.8 Å². The Morgan fingerprint density at radius 1 is 1.17 bits per heavy atom. The van der Waals surface area contributed by atoms with Crippen LogP contribution in [0.15, 0.2) is 48.5 Å². The van der Waals surface area contributed by atoms with Crippen molar-refractivity contribution in [2.75, 3.05) is 13.1 Å². The lowest BCUT2D eigenvalue weighted by atomic mass is 10.1. The highest BCUT2D eigenvalue weighted by Gasteiger charge is 2.39. The number of rotatable bonds is 6. The molecular formula is C22H24F2N2O2S. The minimum absolute atomic E-state index is 0.0786. The fourth-order valence-corrected chi connectivity index (χ4v) is 4.75. The van der Waals surface area contributed by atoms with Crippen LogP contribution in [0.25, 0.3) is 0 Å². The molecule has 1 aliphatic heterocycles. The Bertz CT molecular complexity index is 906. The molecule has 0 spiro atoms. The van der Waals surface area contributed by atoms with Crippen LogP contribution in [0, 0.1) is 11.6 Å². The molecular weight excluding hydrogens is 394 g/mol. The first kappa shape index (κ1) is 21.3. The van der Waals surface area contributed by atoms with Crippen LogP contribution in [0.1, 0.15) is 42.1 Å². The van der Waals surface area contributed by atoms with Gasteiger partial charge >= 0.3 is 0 Å². The minimum Gasteiger partial charge on any atom is -0.334 e. The Kier molecular flexibility index (Phi) is 6.57. The van der Waals surface area contributed by atoms with Crippen LogP contribution in [0.2, 0.25) is 0 Å². The summed E-state index contributed by atoms with van der Waals surface area (Å²) in [7, 11) is 0. The molecule has 0 unspecified atom stereocenters. The van der Waals surface area contributed by atoms with Crippen LogP contribution in [-0.2, 0) is 4.79 Å². The molecule has 29 heavy (non-hydrogen) atoms. The summed E-state index contributed by atoms with van der Waals surface area (Å²) in [5.41, 5.74) is 0.725. The number of halogens is 2. The molecule has 7 heteroatoms. The fraction of sp³-hybridized carbons (Fsp3) is 0.364. The first-order valence-electron chi connectivity index (χ1n) is 9.56. The van der Waals surface area contributed by atoms with Gasteiger partial charge in [-0.15, -0.1) is 11.8 Å². The molecule has 0 saturated carbocycles. The zero-order valence-corrected chi connectivity index (χ0v) is 17.5. The normalized spacial score (nSPS) is 19.1. The summed E-state index contributed by atoms with van der Waals surface area (Å²) in [6.07, 6.45) is 0. The molecule has 0 aromatic heterocycles. The second-order valence-corrected chi connectivity index (χ2v) is 8.71. The number of hydrogen-bond acceptors (Lipinski definition) is 3. The second-order valence-electron chi connectivity index (χ2n) is 7.29. The van der Waals surface area contributed by atoms with Crippen LogP contribution in [0.3, 0.4) is 0 Å². The lowest BCUT2D eigenvalue weighted by Gasteiger charge is -2.31. The molecule has 1 heterocycles. The molecule has 154 valence electrons. The second kappa shape index (κ2) is 8.95. The van der Waals surface area contributed by atoms with Crippen LogP contribution < -0.4 is 0 Å². The monoisotopic (exact) mass is 418 g/mol. The summed E-state index contributed by atoms with van der Waals surface area (Å²) in [5.74, 6) is -1.20. The van der Waals surface area contributed by atoms with Crippen molar-refractivity contribution >= 4 is 23.6 Å². The number of nitrogens with zero attached hydrogens (tertiary/aromatic N) is 2. The van der Waals surface area contributed by atoms with Gasteiger partial charge in [0.15, 0.2) is 0 Å². The zero-order chi connectivity index (χ0) is 21.1. The third-order valence-corrected chi connectivity index (χ3v) is 6.33. The summed E-state index contributed by atoms with van der Waals surface area (Å²) < 4.78 is 27.9. The van der Waals surface area contributed by atoms with E-state index in [0.29, 0.717) is 5.56 Å². The Morgan fingerprint density at radius 3 is 2.55 bits per heavy atom. The summed E-state index contributed by atoms with van der Waals surface area (Å²) in [4.78, 5) is 28.8. The van der Waals surface area contributed by atoms with E-state index in [-0.39, 0.29) is 47.6 Å². The molecule has 3 rings (SSSR count). The van der Waals surface area contributed by atoms with Gasteiger partial charge in [0.25, 0.3) is 5.91 Å². The van der Waals surface area contributed by atoms with E-state index in [1.807, 2.05) is 13.8 Å². The van der Waals surface area contributed by atoms with Gasteiger partial charge in [-0.3, -0.25) is 9.59 Å². The lowest BCUT2D eigenvalue weighted by molar-refractivity contribution is -0.130. The van der Waals surface area contributed by atoms with Gasteiger partial charge in [0.1, 0.15) is 17.0 Å². The molecule has 0 aliphatic carbocycles. The van der Waals surface area contributed by atoms with E-state index in [4.69, 9.17) is 0 Å². The van der Waals surface area contributed by atoms with Crippen molar-refractivity contribution in [3.8, 4) is 0 Å². The van der Waals surface area contributed by atoms with Crippen molar-refractivity contribution in [2.24, 2.45) is 0 Å². The highest BCUT2D eigenvalue weighted by Crippen LogP contribution is 2.43. The standard InChI is InChI=1S/C22H24F2N2O2S/c1-14(2)25(21(28)16-7-6-8-17(23)13-16)11-12-26-20(27)15(3)29-22(26)18-9-4-5-10-19(18)24/h4-10,13-15,22H,11-12H2,1-3H3/t15-,22+/m0/s1. The predicted octanol–water partition coefficient (Wildman–Crippen LogP) is 4.48. The van der Waals surface area contributed by atoms with E-state index in [1.165, 1.54) is 36.0 Å². The van der Waals surface area contributed by atoms with Gasteiger partial charge < -0.3 is 9.80 Å². The number of hydrogen-bond donors (Lipinski definition) is 0. The van der Waals surface area contributed by atoms with Gasteiger partial charge in [0.05, 0.1) is 5.25 Å². The van der Waals surface area contributed by atoms with E-state index in [1.54, 1.807) is 41.0 Å². The van der Waals surface area contributed by atoms with Crippen molar-refractivity contribution in [1.29, 1.82) is 0 Å². The molecule has 0 N–H and O–H groups in total. The minimum atomic E-state index is -0.473. The molecule has 2 amide bonds. The smallest absolute Gasteiger partial charge is 0.254 e. The molecule has 1 fully saturated rings. The van der Waals surface area contributed by atoms with Gasteiger partial charge in [-0.1, -0.05) is 24.3 Å².